The van der Waals surface area contributed by atoms with Crippen molar-refractivity contribution >= 4 is 21.8 Å². The second-order valence-electron chi connectivity index (χ2n) is 5.00. The van der Waals surface area contributed by atoms with E-state index in [2.05, 4.69) is 31.4 Å². The predicted octanol–water partition coefficient (Wildman–Crippen LogP) is 3.21. The molecule has 3 rings (SSSR count). The highest BCUT2D eigenvalue weighted by Crippen LogP contribution is 2.19. The molecule has 0 spiro atoms. The zero-order valence-corrected chi connectivity index (χ0v) is 13.8. The van der Waals surface area contributed by atoms with Gasteiger partial charge in [-0.15, -0.1) is 0 Å². The highest BCUT2D eigenvalue weighted by atomic mass is 79.9. The van der Waals surface area contributed by atoms with E-state index in [0.717, 1.165) is 10.0 Å². The van der Waals surface area contributed by atoms with Gasteiger partial charge in [-0.3, -0.25) is 4.79 Å². The molecule has 0 aliphatic rings. The largest absolute Gasteiger partial charge is 0.343 e. The summed E-state index contributed by atoms with van der Waals surface area (Å²) in [6.45, 7) is 0.465. The number of aromatic nitrogens is 3. The highest BCUT2D eigenvalue weighted by molar-refractivity contribution is 9.10. The van der Waals surface area contributed by atoms with Crippen LogP contribution in [0.15, 0.2) is 71.5 Å². The van der Waals surface area contributed by atoms with Crippen molar-refractivity contribution in [3.8, 4) is 0 Å². The van der Waals surface area contributed by atoms with Crippen molar-refractivity contribution in [3.63, 3.8) is 0 Å². The van der Waals surface area contributed by atoms with Crippen LogP contribution in [0.1, 0.15) is 22.0 Å². The third-order valence-corrected chi connectivity index (χ3v) is 4.13. The molecule has 0 radical (unpaired) electrons. The van der Waals surface area contributed by atoms with Crippen molar-refractivity contribution in [2.75, 3.05) is 0 Å². The van der Waals surface area contributed by atoms with E-state index in [0.29, 0.717) is 12.1 Å². The van der Waals surface area contributed by atoms with Gasteiger partial charge in [-0.25, -0.2) is 0 Å². The van der Waals surface area contributed by atoms with Crippen LogP contribution in [0.3, 0.4) is 0 Å². The second-order valence-corrected chi connectivity index (χ2v) is 5.85. The fourth-order valence-electron chi connectivity index (χ4n) is 2.30. The van der Waals surface area contributed by atoms with Crippen LogP contribution in [0.4, 0.5) is 0 Å². The van der Waals surface area contributed by atoms with Gasteiger partial charge in [0.1, 0.15) is 0 Å². The van der Waals surface area contributed by atoms with Crippen molar-refractivity contribution in [2.24, 2.45) is 0 Å². The molecule has 0 saturated carbocycles. The molecule has 116 valence electrons. The molecule has 0 saturated heterocycles. The van der Waals surface area contributed by atoms with Crippen LogP contribution < -0.4 is 5.32 Å². The van der Waals surface area contributed by atoms with E-state index < -0.39 is 0 Å². The maximum Gasteiger partial charge on any atom is 0.252 e. The average Bonchev–Trinajstić information content (AvgIpc) is 3.08. The van der Waals surface area contributed by atoms with Crippen LogP contribution in [0.2, 0.25) is 0 Å². The Morgan fingerprint density at radius 2 is 1.70 bits per heavy atom. The summed E-state index contributed by atoms with van der Waals surface area (Å²) in [4.78, 5) is 14.2. The van der Waals surface area contributed by atoms with Gasteiger partial charge in [-0.05, 0) is 33.6 Å². The van der Waals surface area contributed by atoms with E-state index in [1.807, 2.05) is 48.5 Å². The lowest BCUT2D eigenvalue weighted by Crippen LogP contribution is -2.32. The molecular formula is C17H15BrN4O. The molecule has 1 atom stereocenters. The average molecular weight is 371 g/mol. The first kappa shape index (κ1) is 15.4. The minimum Gasteiger partial charge on any atom is -0.343 e. The molecule has 0 bridgehead atoms. The Balaban J connectivity index is 1.84. The molecule has 23 heavy (non-hydrogen) atoms. The maximum absolute atomic E-state index is 12.6. The van der Waals surface area contributed by atoms with Gasteiger partial charge in [-0.1, -0.05) is 42.5 Å². The third kappa shape index (κ3) is 3.84. The van der Waals surface area contributed by atoms with Crippen molar-refractivity contribution < 1.29 is 4.79 Å². The minimum atomic E-state index is -0.219. The smallest absolute Gasteiger partial charge is 0.252 e. The fraction of sp³-hybridized carbons (Fsp3) is 0.118. The van der Waals surface area contributed by atoms with Crippen LogP contribution in [-0.4, -0.2) is 20.9 Å². The fourth-order valence-corrected chi connectivity index (χ4v) is 2.77. The van der Waals surface area contributed by atoms with Gasteiger partial charge in [-0.2, -0.15) is 15.0 Å². The van der Waals surface area contributed by atoms with Crippen LogP contribution in [0.5, 0.6) is 0 Å². The summed E-state index contributed by atoms with van der Waals surface area (Å²) < 4.78 is 0.765. The quantitative estimate of drug-likeness (QED) is 0.749. The van der Waals surface area contributed by atoms with Crippen LogP contribution in [-0.2, 0) is 6.54 Å². The minimum absolute atomic E-state index is 0.140. The van der Waals surface area contributed by atoms with Crippen molar-refractivity contribution in [1.82, 2.24) is 20.3 Å². The number of carbonyl (C=O) groups is 1. The molecule has 2 aromatic carbocycles. The van der Waals surface area contributed by atoms with E-state index in [-0.39, 0.29) is 11.9 Å². The van der Waals surface area contributed by atoms with Crippen LogP contribution >= 0.6 is 15.9 Å². The lowest BCUT2D eigenvalue weighted by molar-refractivity contribution is 0.0930. The number of hydrogen-bond donors (Lipinski definition) is 1. The van der Waals surface area contributed by atoms with Gasteiger partial charge in [0.05, 0.1) is 30.5 Å². The highest BCUT2D eigenvalue weighted by Gasteiger charge is 2.18. The Labute approximate surface area is 142 Å². The molecule has 0 unspecified atom stereocenters. The molecule has 6 heteroatoms. The van der Waals surface area contributed by atoms with Crippen molar-refractivity contribution in [3.05, 3.63) is 82.6 Å². The predicted molar refractivity (Wildman–Crippen MR) is 90.8 cm³/mol. The first-order valence-electron chi connectivity index (χ1n) is 7.18. The molecule has 5 nitrogen and oxygen atoms in total. The topological polar surface area (TPSA) is 59.8 Å². The van der Waals surface area contributed by atoms with Crippen molar-refractivity contribution in [2.45, 2.75) is 12.6 Å². The molecule has 1 aromatic heterocycles. The summed E-state index contributed by atoms with van der Waals surface area (Å²) in [5.41, 5.74) is 1.60. The Morgan fingerprint density at radius 1 is 1.04 bits per heavy atom. The number of halogens is 1. The van der Waals surface area contributed by atoms with Crippen molar-refractivity contribution in [1.29, 1.82) is 0 Å². The lowest BCUT2D eigenvalue weighted by atomic mass is 10.1. The Bertz CT molecular complexity index is 774. The lowest BCUT2D eigenvalue weighted by Gasteiger charge is -2.19. The number of carbonyl (C=O) groups excluding carboxylic acids is 1. The molecule has 3 aromatic rings. The molecular weight excluding hydrogens is 356 g/mol. The zero-order valence-electron chi connectivity index (χ0n) is 12.3. The Kier molecular flexibility index (Phi) is 4.83. The summed E-state index contributed by atoms with van der Waals surface area (Å²) in [7, 11) is 0. The van der Waals surface area contributed by atoms with E-state index in [4.69, 9.17) is 0 Å². The summed E-state index contributed by atoms with van der Waals surface area (Å²) in [5, 5.41) is 11.3. The van der Waals surface area contributed by atoms with Gasteiger partial charge in [0, 0.05) is 4.47 Å². The second kappa shape index (κ2) is 7.19. The number of benzene rings is 2. The van der Waals surface area contributed by atoms with E-state index in [1.165, 1.54) is 0 Å². The molecule has 1 heterocycles. The van der Waals surface area contributed by atoms with Gasteiger partial charge >= 0.3 is 0 Å². The maximum atomic E-state index is 12.6. The number of nitrogens with zero attached hydrogens (tertiary/aromatic N) is 3. The number of rotatable bonds is 5. The molecule has 1 amide bonds. The van der Waals surface area contributed by atoms with Gasteiger partial charge in [0.15, 0.2) is 0 Å². The Morgan fingerprint density at radius 3 is 2.39 bits per heavy atom. The van der Waals surface area contributed by atoms with Crippen LogP contribution in [0.25, 0.3) is 0 Å². The normalized spacial score (nSPS) is 11.9. The summed E-state index contributed by atoms with van der Waals surface area (Å²) in [6, 6.07) is 16.9. The number of nitrogens with one attached hydrogen (secondary N) is 1. The van der Waals surface area contributed by atoms with E-state index >= 15 is 0 Å². The molecule has 0 aliphatic heterocycles. The van der Waals surface area contributed by atoms with Gasteiger partial charge in [0.25, 0.3) is 5.91 Å². The zero-order chi connectivity index (χ0) is 16.1. The van der Waals surface area contributed by atoms with Crippen LogP contribution in [0, 0.1) is 0 Å². The van der Waals surface area contributed by atoms with Gasteiger partial charge in [0.2, 0.25) is 0 Å². The monoisotopic (exact) mass is 370 g/mol. The number of hydrogen-bond acceptors (Lipinski definition) is 3. The molecule has 0 fully saturated rings. The molecule has 1 N–H and O–H groups in total. The first-order chi connectivity index (χ1) is 11.2. The van der Waals surface area contributed by atoms with E-state index in [1.54, 1.807) is 23.3 Å². The number of amides is 1. The van der Waals surface area contributed by atoms with Gasteiger partial charge < -0.3 is 5.32 Å². The van der Waals surface area contributed by atoms with E-state index in [9.17, 15) is 4.79 Å². The first-order valence-corrected chi connectivity index (χ1v) is 7.98. The summed E-state index contributed by atoms with van der Waals surface area (Å²) in [5.74, 6) is -0.140. The summed E-state index contributed by atoms with van der Waals surface area (Å²) >= 11 is 3.41. The summed E-state index contributed by atoms with van der Waals surface area (Å²) in [6.07, 6.45) is 3.25. The Hall–Kier alpha value is -2.47. The standard InChI is InChI=1S/C17H15BrN4O/c18-15-9-5-4-8-14(15)17(23)21-16(12-22-19-10-11-20-22)13-6-2-1-3-7-13/h1-11,16H,12H2,(H,21,23)/t16-/m0/s1. The SMILES string of the molecule is O=C(N[C@@H](Cn1nccn1)c1ccccc1)c1ccccc1Br. The third-order valence-electron chi connectivity index (χ3n) is 3.44. The molecule has 0 aliphatic carbocycles.